The number of hydrogen-bond donors (Lipinski definition) is 2. The standard InChI is InChI=1S/C19H19N5O/c1-12-10-17(22-15-7-4-5-9-21-19(15)25)24-16-8-3-2-6-14(16)23-18(24)13(12)11-20/h2-3,6,8,10,15,22H,4-5,7,9H2,1H3,(H,21,25)/t15-/m0/s1. The summed E-state index contributed by atoms with van der Waals surface area (Å²) in [7, 11) is 0. The maximum Gasteiger partial charge on any atom is 0.242 e. The topological polar surface area (TPSA) is 82.2 Å². The summed E-state index contributed by atoms with van der Waals surface area (Å²) in [5.41, 5.74) is 3.79. The van der Waals surface area contributed by atoms with E-state index in [0.717, 1.165) is 48.2 Å². The van der Waals surface area contributed by atoms with Gasteiger partial charge in [0.2, 0.25) is 5.91 Å². The third kappa shape index (κ3) is 2.58. The molecule has 1 fully saturated rings. The second-order valence-corrected chi connectivity index (χ2v) is 6.44. The van der Waals surface area contributed by atoms with E-state index in [1.165, 1.54) is 0 Å². The molecule has 3 heterocycles. The van der Waals surface area contributed by atoms with Crippen molar-refractivity contribution in [2.45, 2.75) is 32.2 Å². The smallest absolute Gasteiger partial charge is 0.242 e. The monoisotopic (exact) mass is 333 g/mol. The van der Waals surface area contributed by atoms with Crippen LogP contribution in [0.5, 0.6) is 0 Å². The Bertz CT molecular complexity index is 1010. The number of anilines is 1. The number of fused-ring (bicyclic) bond motifs is 3. The van der Waals surface area contributed by atoms with Crippen molar-refractivity contribution in [1.82, 2.24) is 14.7 Å². The lowest BCUT2D eigenvalue weighted by Crippen LogP contribution is -2.38. The maximum absolute atomic E-state index is 12.3. The number of amides is 1. The van der Waals surface area contributed by atoms with Gasteiger partial charge in [-0.3, -0.25) is 9.20 Å². The Balaban J connectivity index is 1.91. The fraction of sp³-hybridized carbons (Fsp3) is 0.316. The third-order valence-electron chi connectivity index (χ3n) is 4.74. The Kier molecular flexibility index (Phi) is 3.77. The zero-order chi connectivity index (χ0) is 17.4. The molecule has 1 aliphatic rings. The summed E-state index contributed by atoms with van der Waals surface area (Å²) >= 11 is 0. The first-order valence-electron chi connectivity index (χ1n) is 8.54. The van der Waals surface area contributed by atoms with Gasteiger partial charge in [0, 0.05) is 6.54 Å². The number of pyridine rings is 1. The van der Waals surface area contributed by atoms with Gasteiger partial charge in [0.05, 0.1) is 16.6 Å². The third-order valence-corrected chi connectivity index (χ3v) is 4.74. The van der Waals surface area contributed by atoms with Gasteiger partial charge in [-0.1, -0.05) is 12.1 Å². The van der Waals surface area contributed by atoms with Crippen LogP contribution in [0.2, 0.25) is 0 Å². The van der Waals surface area contributed by atoms with Gasteiger partial charge in [0.1, 0.15) is 17.9 Å². The number of nitrogens with one attached hydrogen (secondary N) is 2. The van der Waals surface area contributed by atoms with Crippen LogP contribution in [0.1, 0.15) is 30.4 Å². The van der Waals surface area contributed by atoms with Gasteiger partial charge in [-0.05, 0) is 49.9 Å². The van der Waals surface area contributed by atoms with Crippen LogP contribution in [0.4, 0.5) is 5.82 Å². The zero-order valence-corrected chi connectivity index (χ0v) is 14.0. The number of para-hydroxylation sites is 2. The van der Waals surface area contributed by atoms with E-state index >= 15 is 0 Å². The number of aryl methyl sites for hydroxylation is 1. The van der Waals surface area contributed by atoms with Crippen molar-refractivity contribution in [1.29, 1.82) is 5.26 Å². The molecular weight excluding hydrogens is 314 g/mol. The minimum Gasteiger partial charge on any atom is -0.359 e. The molecule has 1 atom stereocenters. The van der Waals surface area contributed by atoms with Gasteiger partial charge >= 0.3 is 0 Å². The van der Waals surface area contributed by atoms with Crippen LogP contribution in [0.15, 0.2) is 30.3 Å². The average molecular weight is 333 g/mol. The Morgan fingerprint density at radius 3 is 3.04 bits per heavy atom. The lowest BCUT2D eigenvalue weighted by Gasteiger charge is -2.19. The van der Waals surface area contributed by atoms with E-state index < -0.39 is 0 Å². The number of aromatic nitrogens is 2. The average Bonchev–Trinajstić information content (AvgIpc) is 2.88. The van der Waals surface area contributed by atoms with Crippen LogP contribution in [-0.2, 0) is 4.79 Å². The van der Waals surface area contributed by atoms with Gasteiger partial charge in [-0.15, -0.1) is 0 Å². The highest BCUT2D eigenvalue weighted by Crippen LogP contribution is 2.27. The highest BCUT2D eigenvalue weighted by Gasteiger charge is 2.23. The second-order valence-electron chi connectivity index (χ2n) is 6.44. The van der Waals surface area contributed by atoms with Crippen LogP contribution >= 0.6 is 0 Å². The lowest BCUT2D eigenvalue weighted by atomic mass is 10.1. The number of nitrogens with zero attached hydrogens (tertiary/aromatic N) is 3. The quantitative estimate of drug-likeness (QED) is 0.755. The first-order chi connectivity index (χ1) is 12.2. The molecule has 25 heavy (non-hydrogen) atoms. The van der Waals surface area contributed by atoms with E-state index in [1.807, 2.05) is 41.7 Å². The summed E-state index contributed by atoms with van der Waals surface area (Å²) in [6.07, 6.45) is 2.79. The lowest BCUT2D eigenvalue weighted by molar-refractivity contribution is -0.121. The molecule has 2 N–H and O–H groups in total. The van der Waals surface area contributed by atoms with Crippen molar-refractivity contribution in [2.24, 2.45) is 0 Å². The van der Waals surface area contributed by atoms with Crippen molar-refractivity contribution in [2.75, 3.05) is 11.9 Å². The van der Waals surface area contributed by atoms with Crippen molar-refractivity contribution in [3.05, 3.63) is 41.5 Å². The fourth-order valence-corrected chi connectivity index (χ4v) is 3.46. The first-order valence-corrected chi connectivity index (χ1v) is 8.54. The highest BCUT2D eigenvalue weighted by molar-refractivity contribution is 5.87. The molecule has 0 saturated carbocycles. The summed E-state index contributed by atoms with van der Waals surface area (Å²) in [6, 6.07) is 11.7. The minimum absolute atomic E-state index is 0.0251. The van der Waals surface area contributed by atoms with Crippen LogP contribution in [0.3, 0.4) is 0 Å². The molecule has 6 nitrogen and oxygen atoms in total. The molecule has 1 aliphatic heterocycles. The number of hydrogen-bond acceptors (Lipinski definition) is 4. The summed E-state index contributed by atoms with van der Waals surface area (Å²) in [5.74, 6) is 0.819. The molecule has 0 aliphatic carbocycles. The molecule has 0 radical (unpaired) electrons. The number of benzene rings is 1. The van der Waals surface area contributed by atoms with E-state index in [1.54, 1.807) is 0 Å². The molecule has 6 heteroatoms. The Morgan fingerprint density at radius 1 is 1.36 bits per heavy atom. The number of carbonyl (C=O) groups excluding carboxylic acids is 1. The second kappa shape index (κ2) is 6.10. The summed E-state index contributed by atoms with van der Waals surface area (Å²) in [6.45, 7) is 2.63. The highest BCUT2D eigenvalue weighted by atomic mass is 16.2. The maximum atomic E-state index is 12.3. The number of nitriles is 1. The Morgan fingerprint density at radius 2 is 2.20 bits per heavy atom. The van der Waals surface area contributed by atoms with Crippen molar-refractivity contribution in [3.8, 4) is 6.07 Å². The van der Waals surface area contributed by atoms with Crippen LogP contribution in [-0.4, -0.2) is 27.9 Å². The minimum atomic E-state index is -0.279. The molecule has 4 rings (SSSR count). The van der Waals surface area contributed by atoms with Crippen molar-refractivity contribution in [3.63, 3.8) is 0 Å². The predicted octanol–water partition coefficient (Wildman–Crippen LogP) is 2.75. The van der Waals surface area contributed by atoms with Crippen LogP contribution < -0.4 is 10.6 Å². The largest absolute Gasteiger partial charge is 0.359 e. The molecule has 1 aromatic carbocycles. The van der Waals surface area contributed by atoms with E-state index in [4.69, 9.17) is 0 Å². The Labute approximate surface area is 145 Å². The van der Waals surface area contributed by atoms with Crippen molar-refractivity contribution < 1.29 is 4.79 Å². The zero-order valence-electron chi connectivity index (χ0n) is 14.0. The molecule has 126 valence electrons. The molecule has 1 saturated heterocycles. The van der Waals surface area contributed by atoms with Gasteiger partial charge in [0.25, 0.3) is 0 Å². The molecular formula is C19H19N5O. The summed E-state index contributed by atoms with van der Waals surface area (Å²) in [5, 5.41) is 15.9. The van der Waals surface area contributed by atoms with E-state index in [-0.39, 0.29) is 11.9 Å². The predicted molar refractivity (Wildman–Crippen MR) is 96.4 cm³/mol. The van der Waals surface area contributed by atoms with Crippen LogP contribution in [0, 0.1) is 18.3 Å². The SMILES string of the molecule is Cc1cc(N[C@H]2CCCCNC2=O)n2c(nc3ccccc32)c1C#N. The van der Waals surface area contributed by atoms with Gasteiger partial charge in [-0.2, -0.15) is 5.26 Å². The van der Waals surface area contributed by atoms with Crippen molar-refractivity contribution >= 4 is 28.4 Å². The molecule has 3 aromatic rings. The van der Waals surface area contributed by atoms with E-state index in [9.17, 15) is 10.1 Å². The van der Waals surface area contributed by atoms with Gasteiger partial charge in [-0.25, -0.2) is 4.98 Å². The van der Waals surface area contributed by atoms with Gasteiger partial charge < -0.3 is 10.6 Å². The number of rotatable bonds is 2. The fourth-order valence-electron chi connectivity index (χ4n) is 3.46. The molecule has 0 bridgehead atoms. The normalized spacial score (nSPS) is 17.9. The number of imidazole rings is 1. The van der Waals surface area contributed by atoms with Gasteiger partial charge in [0.15, 0.2) is 5.65 Å². The molecule has 0 spiro atoms. The molecule has 2 aromatic heterocycles. The molecule has 1 amide bonds. The first kappa shape index (κ1) is 15.5. The summed E-state index contributed by atoms with van der Waals surface area (Å²) < 4.78 is 1.94. The molecule has 0 unspecified atom stereocenters. The van der Waals surface area contributed by atoms with E-state index in [2.05, 4.69) is 21.7 Å². The van der Waals surface area contributed by atoms with Crippen LogP contribution in [0.25, 0.3) is 16.7 Å². The Hall–Kier alpha value is -3.07. The van der Waals surface area contributed by atoms with E-state index in [0.29, 0.717) is 11.2 Å². The number of carbonyl (C=O) groups is 1. The summed E-state index contributed by atoms with van der Waals surface area (Å²) in [4.78, 5) is 17.0.